The van der Waals surface area contributed by atoms with E-state index in [9.17, 15) is 0 Å². The molecule has 154 valence electrons. The highest BCUT2D eigenvalue weighted by Gasteiger charge is 2.12. The molecule has 0 saturated carbocycles. The van der Waals surface area contributed by atoms with Gasteiger partial charge in [0, 0.05) is 17.1 Å². The smallest absolute Gasteiger partial charge is 0.0461 e. The third kappa shape index (κ3) is 7.34. The summed E-state index contributed by atoms with van der Waals surface area (Å²) in [6, 6.07) is 20.3. The second kappa shape index (κ2) is 13.2. The normalized spacial score (nSPS) is 12.7. The van der Waals surface area contributed by atoms with Gasteiger partial charge in [0.25, 0.3) is 0 Å². The van der Waals surface area contributed by atoms with E-state index >= 15 is 0 Å². The largest absolute Gasteiger partial charge is 0.311 e. The Balaban J connectivity index is 2.49. The zero-order valence-corrected chi connectivity index (χ0v) is 17.9. The maximum atomic E-state index is 4.05. The van der Waals surface area contributed by atoms with Crippen LogP contribution in [-0.2, 0) is 0 Å². The molecule has 0 N–H and O–H groups in total. The minimum absolute atomic E-state index is 0.917. The van der Waals surface area contributed by atoms with Crippen molar-refractivity contribution in [2.75, 3.05) is 4.90 Å². The Hall–Kier alpha value is -4.10. The number of hydrogen-bond donors (Lipinski definition) is 0. The molecule has 0 aliphatic rings. The second-order valence-electron chi connectivity index (χ2n) is 6.50. The van der Waals surface area contributed by atoms with Crippen molar-refractivity contribution in [1.82, 2.24) is 0 Å². The molecule has 0 saturated heterocycles. The molecule has 1 heteroatoms. The average molecular weight is 404 g/mol. The lowest BCUT2D eigenvalue weighted by Gasteiger charge is -2.27. The standard InChI is InChI=1S/C30H29N/c1-5-9-19-29(16-6-2)31(30-20-14-11-15-21-30)28(8-4)25-24-26(7-3)22-23-27-17-12-10-13-18-27/h5-25H,1-4H2/b19-9-,23-22?,26-24+,28-25+,29-16+. The summed E-state index contributed by atoms with van der Waals surface area (Å²) in [5.41, 5.74) is 5.01. The van der Waals surface area contributed by atoms with Gasteiger partial charge in [0.1, 0.15) is 0 Å². The van der Waals surface area contributed by atoms with Gasteiger partial charge in [0.05, 0.1) is 0 Å². The first kappa shape index (κ1) is 23.2. The molecule has 0 aliphatic carbocycles. The molecule has 2 rings (SSSR count). The Morgan fingerprint density at radius 1 is 0.645 bits per heavy atom. The van der Waals surface area contributed by atoms with Gasteiger partial charge in [-0.05, 0) is 47.6 Å². The van der Waals surface area contributed by atoms with E-state index in [2.05, 4.69) is 61.6 Å². The zero-order valence-electron chi connectivity index (χ0n) is 17.9. The van der Waals surface area contributed by atoms with E-state index in [4.69, 9.17) is 0 Å². The summed E-state index contributed by atoms with van der Waals surface area (Å²) < 4.78 is 0. The number of allylic oxidation sites excluding steroid dienone is 11. The Morgan fingerprint density at radius 2 is 1.32 bits per heavy atom. The fourth-order valence-electron chi connectivity index (χ4n) is 2.88. The quantitative estimate of drug-likeness (QED) is 0.342. The molecule has 0 heterocycles. The first-order valence-corrected chi connectivity index (χ1v) is 10.1. The molecule has 1 nitrogen and oxygen atoms in total. The Bertz CT molecular complexity index is 1030. The van der Waals surface area contributed by atoms with Crippen LogP contribution in [0.25, 0.3) is 6.08 Å². The van der Waals surface area contributed by atoms with E-state index in [0.717, 1.165) is 28.2 Å². The fraction of sp³-hybridized carbons (Fsp3) is 0. The highest BCUT2D eigenvalue weighted by molar-refractivity contribution is 5.64. The third-order valence-corrected chi connectivity index (χ3v) is 4.38. The van der Waals surface area contributed by atoms with Crippen molar-refractivity contribution < 1.29 is 0 Å². The molecule has 0 unspecified atom stereocenters. The van der Waals surface area contributed by atoms with Gasteiger partial charge in [0.2, 0.25) is 0 Å². The summed E-state index contributed by atoms with van der Waals surface area (Å²) in [7, 11) is 0. The van der Waals surface area contributed by atoms with Crippen LogP contribution >= 0.6 is 0 Å². The molecule has 0 aliphatic heterocycles. The van der Waals surface area contributed by atoms with Gasteiger partial charge in [-0.2, -0.15) is 0 Å². The second-order valence-corrected chi connectivity index (χ2v) is 6.50. The highest BCUT2D eigenvalue weighted by Crippen LogP contribution is 2.26. The number of nitrogens with zero attached hydrogens (tertiary/aromatic N) is 1. The van der Waals surface area contributed by atoms with Crippen LogP contribution in [0.2, 0.25) is 0 Å². The minimum Gasteiger partial charge on any atom is -0.311 e. The molecular formula is C30H29N. The lowest BCUT2D eigenvalue weighted by atomic mass is 10.1. The average Bonchev–Trinajstić information content (AvgIpc) is 2.82. The van der Waals surface area contributed by atoms with Crippen molar-refractivity contribution in [1.29, 1.82) is 0 Å². The van der Waals surface area contributed by atoms with Crippen LogP contribution < -0.4 is 4.90 Å². The van der Waals surface area contributed by atoms with Crippen LogP contribution in [0.5, 0.6) is 0 Å². The maximum absolute atomic E-state index is 4.05. The van der Waals surface area contributed by atoms with E-state index in [0.29, 0.717) is 0 Å². The Labute approximate surface area is 187 Å². The van der Waals surface area contributed by atoms with Crippen LogP contribution in [0.15, 0.2) is 165 Å². The van der Waals surface area contributed by atoms with E-state index in [1.807, 2.05) is 85.0 Å². The molecule has 0 fully saturated rings. The van der Waals surface area contributed by atoms with Crippen LogP contribution in [0.3, 0.4) is 0 Å². The lowest BCUT2D eigenvalue weighted by Crippen LogP contribution is -2.19. The molecule has 0 spiro atoms. The van der Waals surface area contributed by atoms with Crippen molar-refractivity contribution in [3.63, 3.8) is 0 Å². The fourth-order valence-corrected chi connectivity index (χ4v) is 2.88. The molecule has 2 aromatic carbocycles. The predicted molar refractivity (Wildman–Crippen MR) is 139 cm³/mol. The van der Waals surface area contributed by atoms with Gasteiger partial charge < -0.3 is 4.90 Å². The van der Waals surface area contributed by atoms with Gasteiger partial charge in [-0.25, -0.2) is 0 Å². The van der Waals surface area contributed by atoms with Crippen LogP contribution in [0.1, 0.15) is 5.56 Å². The monoisotopic (exact) mass is 403 g/mol. The zero-order chi connectivity index (χ0) is 22.3. The van der Waals surface area contributed by atoms with Crippen LogP contribution in [0, 0.1) is 0 Å². The third-order valence-electron chi connectivity index (χ3n) is 4.38. The SMILES string of the molecule is C=C/C=C\C(=C/C=C)N(/C(C=C)=C/C=C(\C=C)C=Cc1ccccc1)c1ccccc1. The number of benzene rings is 2. The molecule has 0 radical (unpaired) electrons. The highest BCUT2D eigenvalue weighted by atomic mass is 15.1. The van der Waals surface area contributed by atoms with E-state index in [1.165, 1.54) is 0 Å². The maximum Gasteiger partial charge on any atom is 0.0461 e. The summed E-state index contributed by atoms with van der Waals surface area (Å²) in [6.07, 6.45) is 21.2. The molecule has 0 aromatic heterocycles. The van der Waals surface area contributed by atoms with Gasteiger partial charge in [-0.1, -0.05) is 117 Å². The van der Waals surface area contributed by atoms with E-state index < -0.39 is 0 Å². The van der Waals surface area contributed by atoms with Crippen molar-refractivity contribution in [2.24, 2.45) is 0 Å². The van der Waals surface area contributed by atoms with E-state index in [1.54, 1.807) is 12.2 Å². The van der Waals surface area contributed by atoms with Gasteiger partial charge in [0.15, 0.2) is 0 Å². The molecule has 0 atom stereocenters. The molecule has 0 amide bonds. The van der Waals surface area contributed by atoms with Gasteiger partial charge in [-0.3, -0.25) is 0 Å². The number of hydrogen-bond acceptors (Lipinski definition) is 1. The van der Waals surface area contributed by atoms with Crippen molar-refractivity contribution in [3.8, 4) is 0 Å². The number of rotatable bonds is 11. The molecule has 31 heavy (non-hydrogen) atoms. The van der Waals surface area contributed by atoms with Crippen LogP contribution in [-0.4, -0.2) is 0 Å². The summed E-state index contributed by atoms with van der Waals surface area (Å²) in [6.45, 7) is 15.6. The lowest BCUT2D eigenvalue weighted by molar-refractivity contribution is 1.14. The van der Waals surface area contributed by atoms with Crippen molar-refractivity contribution in [3.05, 3.63) is 170 Å². The molecular weight excluding hydrogens is 374 g/mol. The van der Waals surface area contributed by atoms with E-state index in [-0.39, 0.29) is 0 Å². The number of para-hydroxylation sites is 1. The predicted octanol–water partition coefficient (Wildman–Crippen LogP) is 8.20. The first-order valence-electron chi connectivity index (χ1n) is 10.1. The summed E-state index contributed by atoms with van der Waals surface area (Å²) in [5, 5.41) is 0. The minimum atomic E-state index is 0.917. The summed E-state index contributed by atoms with van der Waals surface area (Å²) in [5.74, 6) is 0. The van der Waals surface area contributed by atoms with Gasteiger partial charge >= 0.3 is 0 Å². The van der Waals surface area contributed by atoms with Crippen LogP contribution in [0.4, 0.5) is 5.69 Å². The van der Waals surface area contributed by atoms with Crippen molar-refractivity contribution >= 4 is 11.8 Å². The summed E-state index contributed by atoms with van der Waals surface area (Å²) >= 11 is 0. The topological polar surface area (TPSA) is 3.24 Å². The van der Waals surface area contributed by atoms with Gasteiger partial charge in [-0.15, -0.1) is 0 Å². The first-order chi connectivity index (χ1) is 15.2. The Morgan fingerprint density at radius 3 is 1.90 bits per heavy atom. The number of anilines is 1. The summed E-state index contributed by atoms with van der Waals surface area (Å²) in [4.78, 5) is 2.12. The Kier molecular flexibility index (Phi) is 9.86. The molecule has 0 bridgehead atoms. The van der Waals surface area contributed by atoms with Crippen molar-refractivity contribution in [2.45, 2.75) is 0 Å². The molecule has 2 aromatic rings.